The number of piperidine rings is 1. The summed E-state index contributed by atoms with van der Waals surface area (Å²) in [5, 5.41) is 17.5. The Kier molecular flexibility index (Phi) is 6.76. The maximum atomic E-state index is 12.2. The summed E-state index contributed by atoms with van der Waals surface area (Å²) in [6.07, 6.45) is 6.54. The van der Waals surface area contributed by atoms with Gasteiger partial charge in [-0.1, -0.05) is 30.7 Å². The summed E-state index contributed by atoms with van der Waals surface area (Å²) < 4.78 is 1.42. The summed E-state index contributed by atoms with van der Waals surface area (Å²) in [7, 11) is 0. The highest BCUT2D eigenvalue weighted by atomic mass is 16.6. The smallest absolute Gasteiger partial charge is 0.306 e. The molecule has 1 aliphatic rings. The maximum Gasteiger partial charge on any atom is 0.306 e. The van der Waals surface area contributed by atoms with Crippen LogP contribution in [0.2, 0.25) is 0 Å². The van der Waals surface area contributed by atoms with E-state index in [0.717, 1.165) is 18.7 Å². The van der Waals surface area contributed by atoms with Crippen LogP contribution >= 0.6 is 0 Å². The van der Waals surface area contributed by atoms with Gasteiger partial charge >= 0.3 is 5.69 Å². The lowest BCUT2D eigenvalue weighted by atomic mass is 10.0. The third kappa shape index (κ3) is 5.39. The summed E-state index contributed by atoms with van der Waals surface area (Å²) in [6, 6.07) is 8.81. The van der Waals surface area contributed by atoms with Gasteiger partial charge in [0.15, 0.2) is 0 Å². The molecule has 150 valence electrons. The lowest BCUT2D eigenvalue weighted by molar-refractivity contribution is -0.385. The Labute approximate surface area is 164 Å². The molecule has 2 heterocycles. The highest BCUT2D eigenvalue weighted by Gasteiger charge is 2.19. The number of nitro groups is 1. The first-order valence-corrected chi connectivity index (χ1v) is 9.77. The van der Waals surface area contributed by atoms with E-state index in [0.29, 0.717) is 19.1 Å². The Morgan fingerprint density at radius 3 is 2.82 bits per heavy atom. The molecule has 1 saturated heterocycles. The molecule has 0 aliphatic carbocycles. The number of hydrogen-bond acceptors (Lipinski definition) is 5. The molecule has 1 aliphatic heterocycles. The summed E-state index contributed by atoms with van der Waals surface area (Å²) in [5.41, 5.74) is 2.31. The molecule has 0 bridgehead atoms. The van der Waals surface area contributed by atoms with Gasteiger partial charge in [0, 0.05) is 32.1 Å². The zero-order chi connectivity index (χ0) is 19.9. The zero-order valence-corrected chi connectivity index (χ0v) is 16.2. The monoisotopic (exact) mass is 385 g/mol. The molecule has 1 fully saturated rings. The van der Waals surface area contributed by atoms with Crippen LogP contribution in [0.15, 0.2) is 36.7 Å². The summed E-state index contributed by atoms with van der Waals surface area (Å²) in [6.45, 7) is 5.11. The van der Waals surface area contributed by atoms with Gasteiger partial charge in [-0.05, 0) is 37.4 Å². The molecule has 1 N–H and O–H groups in total. The van der Waals surface area contributed by atoms with E-state index in [2.05, 4.69) is 34.4 Å². The molecular weight excluding hydrogens is 358 g/mol. The van der Waals surface area contributed by atoms with Crippen molar-refractivity contribution >= 4 is 11.6 Å². The minimum atomic E-state index is -0.496. The van der Waals surface area contributed by atoms with Crippen molar-refractivity contribution in [1.82, 2.24) is 20.0 Å². The fourth-order valence-electron chi connectivity index (χ4n) is 3.56. The molecule has 28 heavy (non-hydrogen) atoms. The van der Waals surface area contributed by atoms with Gasteiger partial charge in [-0.3, -0.25) is 24.5 Å². The number of aromatic nitrogens is 2. The number of nitrogens with zero attached hydrogens (tertiary/aromatic N) is 4. The van der Waals surface area contributed by atoms with Crippen molar-refractivity contribution in [2.24, 2.45) is 0 Å². The highest BCUT2D eigenvalue weighted by Crippen LogP contribution is 2.20. The predicted molar refractivity (Wildman–Crippen MR) is 106 cm³/mol. The van der Waals surface area contributed by atoms with E-state index in [1.54, 1.807) is 0 Å². The van der Waals surface area contributed by atoms with Crippen molar-refractivity contribution in [3.05, 3.63) is 57.9 Å². The standard InChI is InChI=1S/C20H27N5O3/c1-16-6-4-5-10-23(16)14-18-8-3-2-7-17(18)12-21-20(26)9-11-24-15-19(13-22-24)25(27)28/h2-3,7-8,13,15-16H,4-6,9-12,14H2,1H3,(H,21,26). The molecule has 1 unspecified atom stereocenters. The van der Waals surface area contributed by atoms with E-state index in [1.807, 2.05) is 12.1 Å². The molecule has 0 radical (unpaired) electrons. The fourth-order valence-corrected chi connectivity index (χ4v) is 3.56. The van der Waals surface area contributed by atoms with Crippen molar-refractivity contribution in [2.75, 3.05) is 6.54 Å². The highest BCUT2D eigenvalue weighted by molar-refractivity contribution is 5.75. The van der Waals surface area contributed by atoms with Crippen LogP contribution in [0.5, 0.6) is 0 Å². The second-order valence-corrected chi connectivity index (χ2v) is 7.33. The minimum absolute atomic E-state index is 0.0683. The molecule has 1 aromatic heterocycles. The van der Waals surface area contributed by atoms with Gasteiger partial charge in [0.2, 0.25) is 5.91 Å². The number of likely N-dealkylation sites (tertiary alicyclic amines) is 1. The number of amides is 1. The van der Waals surface area contributed by atoms with Gasteiger partial charge in [-0.2, -0.15) is 5.10 Å². The van der Waals surface area contributed by atoms with E-state index >= 15 is 0 Å². The molecule has 0 saturated carbocycles. The van der Waals surface area contributed by atoms with Crippen LogP contribution in [-0.4, -0.2) is 38.1 Å². The van der Waals surface area contributed by atoms with Crippen LogP contribution in [0.1, 0.15) is 43.7 Å². The Balaban J connectivity index is 1.51. The van der Waals surface area contributed by atoms with Crippen LogP contribution in [0.25, 0.3) is 0 Å². The number of benzene rings is 1. The average Bonchev–Trinajstić information content (AvgIpc) is 3.17. The normalized spacial score (nSPS) is 17.4. The summed E-state index contributed by atoms with van der Waals surface area (Å²) in [4.78, 5) is 24.9. The third-order valence-electron chi connectivity index (χ3n) is 5.31. The van der Waals surface area contributed by atoms with Crippen LogP contribution in [0.3, 0.4) is 0 Å². The van der Waals surface area contributed by atoms with Crippen molar-refractivity contribution in [3.8, 4) is 0 Å². The van der Waals surface area contributed by atoms with Crippen molar-refractivity contribution in [2.45, 2.75) is 58.3 Å². The van der Waals surface area contributed by atoms with Gasteiger partial charge in [0.05, 0.1) is 4.92 Å². The topological polar surface area (TPSA) is 93.3 Å². The lowest BCUT2D eigenvalue weighted by Crippen LogP contribution is -2.37. The van der Waals surface area contributed by atoms with Crippen LogP contribution in [0, 0.1) is 10.1 Å². The maximum absolute atomic E-state index is 12.2. The Morgan fingerprint density at radius 2 is 2.11 bits per heavy atom. The van der Waals surface area contributed by atoms with Gasteiger partial charge in [0.25, 0.3) is 0 Å². The molecule has 2 aromatic rings. The van der Waals surface area contributed by atoms with E-state index in [-0.39, 0.29) is 18.0 Å². The minimum Gasteiger partial charge on any atom is -0.352 e. The van der Waals surface area contributed by atoms with E-state index in [1.165, 1.54) is 41.9 Å². The molecule has 1 aromatic carbocycles. The van der Waals surface area contributed by atoms with Crippen molar-refractivity contribution < 1.29 is 9.72 Å². The number of hydrogen-bond donors (Lipinski definition) is 1. The van der Waals surface area contributed by atoms with Crippen molar-refractivity contribution in [1.29, 1.82) is 0 Å². The number of carbonyl (C=O) groups excluding carboxylic acids is 1. The quantitative estimate of drug-likeness (QED) is 0.557. The Bertz CT molecular complexity index is 820. The third-order valence-corrected chi connectivity index (χ3v) is 5.31. The lowest BCUT2D eigenvalue weighted by Gasteiger charge is -2.33. The molecule has 3 rings (SSSR count). The molecule has 8 heteroatoms. The van der Waals surface area contributed by atoms with Gasteiger partial charge in [-0.25, -0.2) is 0 Å². The first-order chi connectivity index (χ1) is 13.5. The van der Waals surface area contributed by atoms with Gasteiger partial charge < -0.3 is 5.32 Å². The average molecular weight is 385 g/mol. The first-order valence-electron chi connectivity index (χ1n) is 9.77. The Morgan fingerprint density at radius 1 is 1.32 bits per heavy atom. The molecule has 0 spiro atoms. The predicted octanol–water partition coefficient (Wildman–Crippen LogP) is 2.87. The van der Waals surface area contributed by atoms with Crippen LogP contribution in [-0.2, 0) is 24.4 Å². The van der Waals surface area contributed by atoms with E-state index < -0.39 is 4.92 Å². The molecule has 1 amide bonds. The first kappa shape index (κ1) is 20.0. The van der Waals surface area contributed by atoms with E-state index in [9.17, 15) is 14.9 Å². The number of carbonyl (C=O) groups is 1. The zero-order valence-electron chi connectivity index (χ0n) is 16.2. The van der Waals surface area contributed by atoms with Crippen LogP contribution in [0.4, 0.5) is 5.69 Å². The second-order valence-electron chi connectivity index (χ2n) is 7.33. The molecular formula is C20H27N5O3. The summed E-state index contributed by atoms with van der Waals surface area (Å²) in [5.74, 6) is -0.0979. The SMILES string of the molecule is CC1CCCCN1Cc1ccccc1CNC(=O)CCn1cc([N+](=O)[O-])cn1. The molecule has 1 atom stereocenters. The van der Waals surface area contributed by atoms with E-state index in [4.69, 9.17) is 0 Å². The van der Waals surface area contributed by atoms with Gasteiger partial charge in [0.1, 0.15) is 12.4 Å². The van der Waals surface area contributed by atoms with Crippen LogP contribution < -0.4 is 5.32 Å². The number of nitrogens with one attached hydrogen (secondary N) is 1. The second kappa shape index (κ2) is 9.45. The summed E-state index contributed by atoms with van der Waals surface area (Å²) >= 11 is 0. The van der Waals surface area contributed by atoms with Crippen molar-refractivity contribution in [3.63, 3.8) is 0 Å². The number of rotatable bonds is 8. The fraction of sp³-hybridized carbons (Fsp3) is 0.500. The van der Waals surface area contributed by atoms with Gasteiger partial charge in [-0.15, -0.1) is 0 Å². The number of aryl methyl sites for hydroxylation is 1. The Hall–Kier alpha value is -2.74. The molecule has 8 nitrogen and oxygen atoms in total. The largest absolute Gasteiger partial charge is 0.352 e.